The van der Waals surface area contributed by atoms with Crippen LogP contribution in [0.3, 0.4) is 0 Å². The topological polar surface area (TPSA) is 986 Å². The zero-order valence-corrected chi connectivity index (χ0v) is 80.4. The Hall–Kier alpha value is -3.91. The van der Waals surface area contributed by atoms with Crippen LogP contribution in [0.1, 0.15) is 55.4 Å². The van der Waals surface area contributed by atoms with Crippen LogP contribution in [0, 0.1) is 0 Å². The van der Waals surface area contributed by atoms with Gasteiger partial charge in [-0.15, -0.1) is 0 Å². The lowest BCUT2D eigenvalue weighted by Gasteiger charge is -2.52. The summed E-state index contributed by atoms with van der Waals surface area (Å²) in [5.74, 6) is -3.26. The lowest BCUT2D eigenvalue weighted by molar-refractivity contribution is -0.403. The molecular weight excluding hydrogens is 2030 g/mol. The molecule has 13 fully saturated rings. The second-order valence-corrected chi connectivity index (χ2v) is 38.6. The largest absolute Gasteiger partial charge is 0.394 e. The highest BCUT2D eigenvalue weighted by Gasteiger charge is 2.65. The average Bonchev–Trinajstić information content (AvgIpc) is 0.748. The van der Waals surface area contributed by atoms with Gasteiger partial charge in [0.2, 0.25) is 17.7 Å². The molecule has 13 aliphatic rings. The van der Waals surface area contributed by atoms with Crippen LogP contribution in [0.4, 0.5) is 0 Å². The summed E-state index contributed by atoms with van der Waals surface area (Å²) in [5.41, 5.74) is 0. The molecule has 0 aromatic heterocycles. The van der Waals surface area contributed by atoms with Crippen molar-refractivity contribution in [3.05, 3.63) is 0 Å². The number of aliphatic hydroxyl groups is 33. The SMILES string of the molecule is CC(=O)N[C@@H]1[C@H](O[C@H]2[C@@H](O)[C@@H](CO[C@@H]3O[C@H](CO)[C@@H](O[C@@H]4O[C@H](CO)[C@H](O)[C@H](O[C@@H]5O[C@H](CO)[C@@H](O[C@@H]6O[C@@H](C)[C@@H](O)[C@@H](O)[C@@H]6O)[C@H](O[C@@H]6O[C@H](CO)[C@H](O)[C@H](O)[C@H]6O[C@@H]6O[C@@H](C)[C@@H](O)[C@@H](O)[C@@H]6O)[C@H]5NC(C)=O)[C@H]4O)[C@H](O[C@@H]4O[C@@H](C)[C@@H](O)[C@@H](O)[C@@H]4O)[C@H]3NC(C)=O)O[C@@H](O[C@H]3[C@H](O)[C@@H](O)C(O)O[C@@H]3CO)[C@@H]2O)O[C@H](CO)[C@@H](O[C@@H]2O[C@@H](C)[C@@H](O)[C@@H](O)[C@@H]2O)[C@@H]1O[C@@H]1O[C@H](CO)[C@H](O)[C@H](O)[C@H]1O[C@@H]1O[C@@H](C)[C@@H](O)[C@@H](O)[C@@H]1O. The molecule has 13 saturated heterocycles. The first-order valence-electron chi connectivity index (χ1n) is 48.0. The van der Waals surface area contributed by atoms with E-state index in [1.807, 2.05) is 0 Å². The van der Waals surface area contributed by atoms with Crippen molar-refractivity contribution in [3.8, 4) is 0 Å². The second kappa shape index (κ2) is 51.8. The van der Waals surface area contributed by atoms with E-state index in [4.69, 9.17) is 118 Å². The van der Waals surface area contributed by atoms with E-state index in [1.165, 1.54) is 34.6 Å². The second-order valence-electron chi connectivity index (χ2n) is 38.6. The van der Waals surface area contributed by atoms with Crippen molar-refractivity contribution in [2.75, 3.05) is 52.9 Å². The highest BCUT2D eigenvalue weighted by atomic mass is 16.8. The van der Waals surface area contributed by atoms with Crippen molar-refractivity contribution in [3.63, 3.8) is 0 Å². The van der Waals surface area contributed by atoms with Crippen LogP contribution in [-0.4, -0.2) is 638 Å². The van der Waals surface area contributed by atoms with Crippen molar-refractivity contribution in [1.82, 2.24) is 16.0 Å². The Morgan fingerprint density at radius 1 is 0.189 bits per heavy atom. The molecular formula is C84H141N3O61. The molecule has 36 N–H and O–H groups in total. The lowest BCUT2D eigenvalue weighted by Crippen LogP contribution is -2.72. The third-order valence-corrected chi connectivity index (χ3v) is 28.2. The van der Waals surface area contributed by atoms with Crippen molar-refractivity contribution in [2.24, 2.45) is 0 Å². The minimum atomic E-state index is -2.62. The highest BCUT2D eigenvalue weighted by molar-refractivity contribution is 5.74. The van der Waals surface area contributed by atoms with Gasteiger partial charge in [-0.3, -0.25) is 14.4 Å². The van der Waals surface area contributed by atoms with Crippen LogP contribution >= 0.6 is 0 Å². The molecule has 13 heterocycles. The first kappa shape index (κ1) is 121. The number of hydrogen-bond donors (Lipinski definition) is 36. The minimum Gasteiger partial charge on any atom is -0.394 e. The molecule has 13 aliphatic heterocycles. The molecule has 65 atom stereocenters. The van der Waals surface area contributed by atoms with Crippen LogP contribution in [-0.2, 0) is 133 Å². The third-order valence-electron chi connectivity index (χ3n) is 28.2. The van der Waals surface area contributed by atoms with Gasteiger partial charge in [0.1, 0.15) is 287 Å². The summed E-state index contributed by atoms with van der Waals surface area (Å²) in [6.45, 7) is -1.28. The number of hydrogen-bond acceptors (Lipinski definition) is 61. The van der Waals surface area contributed by atoms with Crippen LogP contribution in [0.2, 0.25) is 0 Å². The van der Waals surface area contributed by atoms with Gasteiger partial charge < -0.3 is 303 Å². The Morgan fingerprint density at radius 2 is 0.405 bits per heavy atom. The standard InChI is InChI=1S/C84H141N3O61/c1-17-36(98)45(107)54(116)76(125-17)139-63-30(14-93)135-74(34(86-23(7)96)66(63)143-83-70(50(112)41(103)25(9-88)132-83)147-79-57(119)48(110)39(101)20(4)128-79)145-68-43(105)27(11-90)131-81(59(68)121)141-62-29(13-92)134-73(33(85-22(6)95)65(62)142-78-56(118)47(109)38(100)19(3)127-78)124-16-32-44(106)69(60(122)82(137-32)138-61-28(12-91)130-72(123)53(115)52(61)114)146-75-35(87-24(8)97)67(64(31(15-94)136-75)140-77-55(117)46(108)37(99)18(2)126-77)144-84-71(51(113)42(104)26(10-89)133-84)148-80-58(120)49(111)40(102)21(5)129-80/h17-21,25-84,88-94,98-123H,9-16H2,1-8H3,(H,85,95)(H,86,96)(H,87,97)/t17-,18-,19-,20-,21-,25+,26+,27+,28+,29+,30+,31+,32+,33+,34+,35-,36+,37+,38+,39+,40+,41-,42-,43-,44-,45+,46+,47+,48+,49+,50-,51-,52+,53+,54-,55-,56-,57-,58-,59+,60+,61+,62+,63+,64+,65+,66+,67+,68-,69-,70+,71+,72?,73+,74-,75-,76-,77-,78-,79-,80-,81-,82-,83-,84-/m0/s1. The maximum atomic E-state index is 14.0. The number of carbonyl (C=O) groups excluding carboxylic acids is 3. The van der Waals surface area contributed by atoms with E-state index < -0.39 is 470 Å². The van der Waals surface area contributed by atoms with Crippen LogP contribution in [0.15, 0.2) is 0 Å². The monoisotopic (exact) mass is 2170 g/mol. The average molecular weight is 2170 g/mol. The van der Waals surface area contributed by atoms with E-state index >= 15 is 0 Å². The van der Waals surface area contributed by atoms with Crippen LogP contribution < -0.4 is 16.0 Å². The van der Waals surface area contributed by atoms with E-state index in [0.29, 0.717) is 0 Å². The Balaban J connectivity index is 0.848. The number of amides is 3. The van der Waals surface area contributed by atoms with Gasteiger partial charge in [-0.1, -0.05) is 0 Å². The molecule has 0 radical (unpaired) electrons. The molecule has 148 heavy (non-hydrogen) atoms. The summed E-state index contributed by atoms with van der Waals surface area (Å²) in [7, 11) is 0. The van der Waals surface area contributed by atoms with E-state index in [0.717, 1.165) is 20.8 Å². The number of rotatable bonds is 35. The quantitative estimate of drug-likeness (QED) is 0.0280. The van der Waals surface area contributed by atoms with Gasteiger partial charge in [0, 0.05) is 20.8 Å². The molecule has 0 saturated carbocycles. The van der Waals surface area contributed by atoms with E-state index in [2.05, 4.69) is 16.0 Å². The van der Waals surface area contributed by atoms with Gasteiger partial charge in [0.25, 0.3) is 0 Å². The fourth-order valence-corrected chi connectivity index (χ4v) is 19.7. The molecule has 0 aromatic rings. The van der Waals surface area contributed by atoms with E-state index in [9.17, 15) is 183 Å². The maximum absolute atomic E-state index is 14.0. The Labute approximate surface area is 839 Å². The number of aliphatic hydroxyl groups excluding tert-OH is 33. The summed E-state index contributed by atoms with van der Waals surface area (Å²) in [6.07, 6.45) is -132. The van der Waals surface area contributed by atoms with E-state index in [1.54, 1.807) is 0 Å². The summed E-state index contributed by atoms with van der Waals surface area (Å²) < 4.78 is 153. The summed E-state index contributed by atoms with van der Waals surface area (Å²) in [4.78, 5) is 41.7. The fourth-order valence-electron chi connectivity index (χ4n) is 19.7. The zero-order chi connectivity index (χ0) is 109. The van der Waals surface area contributed by atoms with Gasteiger partial charge in [0.05, 0.1) is 83.4 Å². The number of ether oxygens (including phenoxy) is 25. The van der Waals surface area contributed by atoms with Crippen molar-refractivity contribution < 1.29 is 301 Å². The summed E-state index contributed by atoms with van der Waals surface area (Å²) in [6, 6.07) is -6.49. The van der Waals surface area contributed by atoms with E-state index in [-0.39, 0.29) is 0 Å². The molecule has 0 aliphatic carbocycles. The molecule has 3 amide bonds. The molecule has 64 nitrogen and oxygen atoms in total. The van der Waals surface area contributed by atoms with Gasteiger partial charge in [-0.2, -0.15) is 0 Å². The highest BCUT2D eigenvalue weighted by Crippen LogP contribution is 2.45. The van der Waals surface area contributed by atoms with Crippen LogP contribution in [0.25, 0.3) is 0 Å². The molecule has 1 unspecified atom stereocenters. The Bertz CT molecular complexity index is 4110. The Morgan fingerprint density at radius 3 is 0.709 bits per heavy atom. The van der Waals surface area contributed by atoms with Crippen LogP contribution in [0.5, 0.6) is 0 Å². The van der Waals surface area contributed by atoms with Gasteiger partial charge >= 0.3 is 0 Å². The maximum Gasteiger partial charge on any atom is 0.217 e. The first-order chi connectivity index (χ1) is 69.9. The lowest BCUT2D eigenvalue weighted by atomic mass is 9.93. The number of nitrogens with one attached hydrogen (secondary N) is 3. The van der Waals surface area contributed by atoms with Crippen molar-refractivity contribution in [2.45, 2.75) is 454 Å². The molecule has 0 spiro atoms. The molecule has 858 valence electrons. The number of carbonyl (C=O) groups is 3. The fraction of sp³-hybridized carbons (Fsp3) is 0.964. The normalized spacial score (nSPS) is 52.6. The third kappa shape index (κ3) is 25.8. The predicted molar refractivity (Wildman–Crippen MR) is 455 cm³/mol. The summed E-state index contributed by atoms with van der Waals surface area (Å²) >= 11 is 0. The minimum absolute atomic E-state index is 0.871. The molecule has 13 rings (SSSR count). The first-order valence-corrected chi connectivity index (χ1v) is 48.0. The van der Waals surface area contributed by atoms with Gasteiger partial charge in [0.15, 0.2) is 81.8 Å². The van der Waals surface area contributed by atoms with Crippen molar-refractivity contribution in [1.29, 1.82) is 0 Å². The van der Waals surface area contributed by atoms with Crippen molar-refractivity contribution >= 4 is 17.7 Å². The predicted octanol–water partition coefficient (Wildman–Crippen LogP) is -23.8. The Kier molecular flexibility index (Phi) is 42.4. The molecule has 0 bridgehead atoms. The zero-order valence-electron chi connectivity index (χ0n) is 80.4. The van der Waals surface area contributed by atoms with Gasteiger partial charge in [-0.25, -0.2) is 0 Å². The molecule has 64 heteroatoms. The summed E-state index contributed by atoms with van der Waals surface area (Å²) in [5, 5.41) is 382. The van der Waals surface area contributed by atoms with Gasteiger partial charge in [-0.05, 0) is 34.6 Å². The smallest absolute Gasteiger partial charge is 0.217 e. The molecule has 0 aromatic carbocycles.